The van der Waals surface area contributed by atoms with Gasteiger partial charge in [-0.1, -0.05) is 59.9 Å². The molecular weight excluding hydrogens is 434 g/mol. The maximum absolute atomic E-state index is 3.55. The minimum Gasteiger partial charge on any atom is -0.370 e. The van der Waals surface area contributed by atoms with E-state index in [1.165, 1.54) is 16.8 Å². The monoisotopic (exact) mass is 445 g/mol. The number of hydrogen-bond acceptors (Lipinski definition) is 1. The third-order valence-corrected chi connectivity index (χ3v) is 4.50. The molecule has 0 bridgehead atoms. The van der Waals surface area contributed by atoms with Gasteiger partial charge in [0.25, 0.3) is 0 Å². The molecule has 0 atom stereocenters. The molecule has 0 saturated carbocycles. The molecule has 0 radical (unpaired) electrons. The van der Waals surface area contributed by atoms with Gasteiger partial charge in [0.1, 0.15) is 0 Å². The lowest BCUT2D eigenvalue weighted by molar-refractivity contribution is 0.915. The molecule has 100 valence electrons. The molecule has 19 heavy (non-hydrogen) atoms. The van der Waals surface area contributed by atoms with Crippen LogP contribution in [0.25, 0.3) is 0 Å². The molecule has 2 aromatic rings. The van der Waals surface area contributed by atoms with Crippen LogP contribution in [0.15, 0.2) is 51.4 Å². The van der Waals surface area contributed by atoms with Crippen molar-refractivity contribution in [3.8, 4) is 0 Å². The summed E-state index contributed by atoms with van der Waals surface area (Å²) >= 11 is 10.6. The summed E-state index contributed by atoms with van der Waals surface area (Å²) in [4.78, 5) is 2.27. The van der Waals surface area contributed by atoms with E-state index in [0.717, 1.165) is 20.8 Å². The lowest BCUT2D eigenvalue weighted by Gasteiger charge is -2.22. The van der Waals surface area contributed by atoms with Crippen LogP contribution in [0, 0.1) is 0 Å². The Labute approximate surface area is 139 Å². The van der Waals surface area contributed by atoms with Crippen molar-refractivity contribution in [3.05, 3.63) is 62.5 Å². The van der Waals surface area contributed by atoms with Crippen LogP contribution in [-0.2, 0) is 11.9 Å². The Morgan fingerprint density at radius 3 is 2.42 bits per heavy atom. The standard InChI is InChI=1S/C15H14Br3N/c1-19(10-11-3-2-4-13(17)7-11)15-6-5-14(18)8-12(15)9-16/h2-8H,9-10H2,1H3. The number of hydrogen-bond donors (Lipinski definition) is 0. The van der Waals surface area contributed by atoms with Crippen molar-refractivity contribution in [2.45, 2.75) is 11.9 Å². The van der Waals surface area contributed by atoms with Crippen LogP contribution in [0.2, 0.25) is 0 Å². The number of halogens is 3. The van der Waals surface area contributed by atoms with Crippen LogP contribution in [0.5, 0.6) is 0 Å². The lowest BCUT2D eigenvalue weighted by Crippen LogP contribution is -2.17. The van der Waals surface area contributed by atoms with E-state index in [1.807, 2.05) is 6.07 Å². The maximum Gasteiger partial charge on any atom is 0.0426 e. The van der Waals surface area contributed by atoms with E-state index < -0.39 is 0 Å². The number of anilines is 1. The summed E-state index contributed by atoms with van der Waals surface area (Å²) in [6.45, 7) is 0.890. The van der Waals surface area contributed by atoms with Gasteiger partial charge in [0, 0.05) is 33.6 Å². The molecule has 0 N–H and O–H groups in total. The van der Waals surface area contributed by atoms with Gasteiger partial charge in [-0.2, -0.15) is 0 Å². The molecule has 0 unspecified atom stereocenters. The molecule has 0 aliphatic rings. The highest BCUT2D eigenvalue weighted by molar-refractivity contribution is 9.10. The lowest BCUT2D eigenvalue weighted by atomic mass is 10.1. The first kappa shape index (κ1) is 15.1. The van der Waals surface area contributed by atoms with E-state index in [2.05, 4.69) is 96.1 Å². The van der Waals surface area contributed by atoms with Crippen molar-refractivity contribution in [3.63, 3.8) is 0 Å². The summed E-state index contributed by atoms with van der Waals surface area (Å²) in [6, 6.07) is 14.8. The first-order valence-electron chi connectivity index (χ1n) is 5.90. The number of benzene rings is 2. The first-order chi connectivity index (χ1) is 9.10. The van der Waals surface area contributed by atoms with E-state index in [4.69, 9.17) is 0 Å². The van der Waals surface area contributed by atoms with Gasteiger partial charge in [-0.15, -0.1) is 0 Å². The van der Waals surface area contributed by atoms with Gasteiger partial charge < -0.3 is 4.90 Å². The highest BCUT2D eigenvalue weighted by Crippen LogP contribution is 2.27. The number of alkyl halides is 1. The molecule has 2 rings (SSSR count). The summed E-state index contributed by atoms with van der Waals surface area (Å²) < 4.78 is 2.23. The SMILES string of the molecule is CN(Cc1cccc(Br)c1)c1ccc(Br)cc1CBr. The minimum absolute atomic E-state index is 0.852. The van der Waals surface area contributed by atoms with Gasteiger partial charge in [0.05, 0.1) is 0 Å². The Hall–Kier alpha value is -0.320. The Balaban J connectivity index is 2.22. The van der Waals surface area contributed by atoms with Gasteiger partial charge in [0.15, 0.2) is 0 Å². The summed E-state index contributed by atoms with van der Waals surface area (Å²) in [5, 5.41) is 0.852. The third-order valence-electron chi connectivity index (χ3n) is 2.91. The topological polar surface area (TPSA) is 3.24 Å². The molecule has 4 heteroatoms. The normalized spacial score (nSPS) is 10.5. The Morgan fingerprint density at radius 1 is 1.00 bits per heavy atom. The van der Waals surface area contributed by atoms with Gasteiger partial charge >= 0.3 is 0 Å². The van der Waals surface area contributed by atoms with Crippen molar-refractivity contribution in [1.29, 1.82) is 0 Å². The summed E-state index contributed by atoms with van der Waals surface area (Å²) in [5.74, 6) is 0. The maximum atomic E-state index is 3.55. The first-order valence-corrected chi connectivity index (χ1v) is 8.61. The second kappa shape index (κ2) is 6.91. The molecule has 0 amide bonds. The van der Waals surface area contributed by atoms with Crippen molar-refractivity contribution in [2.75, 3.05) is 11.9 Å². The highest BCUT2D eigenvalue weighted by Gasteiger charge is 2.08. The number of rotatable bonds is 4. The van der Waals surface area contributed by atoms with E-state index >= 15 is 0 Å². The summed E-state index contributed by atoms with van der Waals surface area (Å²) in [7, 11) is 2.12. The van der Waals surface area contributed by atoms with Crippen LogP contribution in [0.4, 0.5) is 5.69 Å². The molecule has 0 heterocycles. The van der Waals surface area contributed by atoms with Crippen LogP contribution in [-0.4, -0.2) is 7.05 Å². The fourth-order valence-corrected chi connectivity index (χ4v) is 3.33. The Bertz CT molecular complexity index is 569. The predicted octanol–water partition coefficient (Wildman–Crippen LogP) is 5.74. The zero-order valence-corrected chi connectivity index (χ0v) is 15.3. The molecule has 0 aliphatic carbocycles. The number of nitrogens with zero attached hydrogens (tertiary/aromatic N) is 1. The van der Waals surface area contributed by atoms with Crippen LogP contribution < -0.4 is 4.90 Å². The molecule has 2 aromatic carbocycles. The van der Waals surface area contributed by atoms with Crippen LogP contribution in [0.3, 0.4) is 0 Å². The van der Waals surface area contributed by atoms with E-state index in [1.54, 1.807) is 0 Å². The van der Waals surface area contributed by atoms with E-state index in [-0.39, 0.29) is 0 Å². The van der Waals surface area contributed by atoms with Crippen molar-refractivity contribution in [2.24, 2.45) is 0 Å². The molecule has 0 fully saturated rings. The average Bonchev–Trinajstić information content (AvgIpc) is 2.38. The average molecular weight is 448 g/mol. The summed E-state index contributed by atoms with van der Waals surface area (Å²) in [6.07, 6.45) is 0. The third kappa shape index (κ3) is 4.07. The van der Waals surface area contributed by atoms with Crippen LogP contribution >= 0.6 is 47.8 Å². The van der Waals surface area contributed by atoms with Gasteiger partial charge in [-0.25, -0.2) is 0 Å². The molecule has 0 saturated heterocycles. The second-order valence-corrected chi connectivity index (χ2v) is 6.78. The molecule has 0 aromatic heterocycles. The fraction of sp³-hybridized carbons (Fsp3) is 0.200. The quantitative estimate of drug-likeness (QED) is 0.540. The smallest absolute Gasteiger partial charge is 0.0426 e. The van der Waals surface area contributed by atoms with Crippen molar-refractivity contribution in [1.82, 2.24) is 0 Å². The minimum atomic E-state index is 0.852. The molecule has 0 aliphatic heterocycles. The largest absolute Gasteiger partial charge is 0.370 e. The molecule has 1 nitrogen and oxygen atoms in total. The molecule has 0 spiro atoms. The Morgan fingerprint density at radius 2 is 1.74 bits per heavy atom. The summed E-state index contributed by atoms with van der Waals surface area (Å²) in [5.41, 5.74) is 3.83. The van der Waals surface area contributed by atoms with E-state index in [0.29, 0.717) is 0 Å². The zero-order valence-electron chi connectivity index (χ0n) is 10.5. The van der Waals surface area contributed by atoms with E-state index in [9.17, 15) is 0 Å². The van der Waals surface area contributed by atoms with Gasteiger partial charge in [-0.05, 0) is 41.5 Å². The predicted molar refractivity (Wildman–Crippen MR) is 93.0 cm³/mol. The Kier molecular flexibility index (Phi) is 5.48. The zero-order chi connectivity index (χ0) is 13.8. The van der Waals surface area contributed by atoms with Crippen molar-refractivity contribution >= 4 is 53.5 Å². The van der Waals surface area contributed by atoms with Crippen LogP contribution in [0.1, 0.15) is 11.1 Å². The second-order valence-electron chi connectivity index (χ2n) is 4.39. The van der Waals surface area contributed by atoms with Gasteiger partial charge in [-0.3, -0.25) is 0 Å². The molecular formula is C15H14Br3N. The van der Waals surface area contributed by atoms with Gasteiger partial charge in [0.2, 0.25) is 0 Å². The fourth-order valence-electron chi connectivity index (χ4n) is 2.03. The van der Waals surface area contributed by atoms with Crippen molar-refractivity contribution < 1.29 is 0 Å². The highest BCUT2D eigenvalue weighted by atomic mass is 79.9.